The zero-order valence-electron chi connectivity index (χ0n) is 17.3. The first kappa shape index (κ1) is 19.1. The van der Waals surface area contributed by atoms with E-state index in [0.717, 1.165) is 41.5 Å². The summed E-state index contributed by atoms with van der Waals surface area (Å²) in [6, 6.07) is 16.4. The highest BCUT2D eigenvalue weighted by molar-refractivity contribution is 5.94. The monoisotopic (exact) mass is 382 g/mol. The van der Waals surface area contributed by atoms with E-state index < -0.39 is 0 Å². The Bertz CT molecular complexity index is 1180. The van der Waals surface area contributed by atoms with Crippen molar-refractivity contribution in [3.63, 3.8) is 0 Å². The molecule has 2 aromatic heterocycles. The Morgan fingerprint density at radius 1 is 0.966 bits per heavy atom. The van der Waals surface area contributed by atoms with Gasteiger partial charge in [0.1, 0.15) is 0 Å². The van der Waals surface area contributed by atoms with Crippen molar-refractivity contribution in [2.75, 3.05) is 11.9 Å². The van der Waals surface area contributed by atoms with Crippen LogP contribution in [0.5, 0.6) is 0 Å². The minimum atomic E-state index is 0.857. The first-order chi connectivity index (χ1) is 14.2. The van der Waals surface area contributed by atoms with Crippen molar-refractivity contribution in [2.24, 2.45) is 0 Å². The maximum Gasteiger partial charge on any atom is 0.0890 e. The van der Waals surface area contributed by atoms with Gasteiger partial charge in [0.2, 0.25) is 0 Å². The van der Waals surface area contributed by atoms with Crippen LogP contribution in [0.15, 0.2) is 72.7 Å². The van der Waals surface area contributed by atoms with Gasteiger partial charge >= 0.3 is 0 Å². The van der Waals surface area contributed by atoms with Gasteiger partial charge in [-0.25, -0.2) is 4.98 Å². The van der Waals surface area contributed by atoms with E-state index >= 15 is 0 Å². The third kappa shape index (κ3) is 3.97. The summed E-state index contributed by atoms with van der Waals surface area (Å²) in [5.74, 6) is 0. The summed E-state index contributed by atoms with van der Waals surface area (Å²) < 4.78 is 0. The molecule has 0 aliphatic rings. The van der Waals surface area contributed by atoms with Gasteiger partial charge in [-0.05, 0) is 62.1 Å². The minimum absolute atomic E-state index is 0.857. The van der Waals surface area contributed by atoms with Crippen LogP contribution in [0.3, 0.4) is 0 Å². The van der Waals surface area contributed by atoms with E-state index in [2.05, 4.69) is 60.0 Å². The van der Waals surface area contributed by atoms with E-state index in [9.17, 15) is 0 Å². The summed E-state index contributed by atoms with van der Waals surface area (Å²) in [6.07, 6.45) is 8.82. The average Bonchev–Trinajstić information content (AvgIpc) is 2.76. The molecule has 4 nitrogen and oxygen atoms in total. The third-order valence-electron chi connectivity index (χ3n) is 5.30. The molecule has 0 saturated heterocycles. The van der Waals surface area contributed by atoms with Crippen LogP contribution in [0.1, 0.15) is 31.0 Å². The summed E-state index contributed by atoms with van der Waals surface area (Å²) >= 11 is 0. The van der Waals surface area contributed by atoms with Gasteiger partial charge in [0.05, 0.1) is 27.9 Å². The van der Waals surface area contributed by atoms with Crippen LogP contribution in [0.25, 0.3) is 21.9 Å². The molecule has 2 aromatic carbocycles. The molecule has 0 aliphatic carbocycles. The second kappa shape index (κ2) is 8.39. The highest BCUT2D eigenvalue weighted by atomic mass is 15.1. The summed E-state index contributed by atoms with van der Waals surface area (Å²) in [5.41, 5.74) is 7.71. The number of anilines is 1. The van der Waals surface area contributed by atoms with E-state index in [0.29, 0.717) is 0 Å². The van der Waals surface area contributed by atoms with Gasteiger partial charge in [-0.2, -0.15) is 0 Å². The largest absolute Gasteiger partial charge is 0.348 e. The summed E-state index contributed by atoms with van der Waals surface area (Å²) in [4.78, 5) is 16.2. The van der Waals surface area contributed by atoms with Gasteiger partial charge in [-0.1, -0.05) is 31.2 Å². The lowest BCUT2D eigenvalue weighted by Gasteiger charge is -2.26. The first-order valence-corrected chi connectivity index (χ1v) is 10.1. The molecule has 29 heavy (non-hydrogen) atoms. The molecule has 0 fully saturated rings. The summed E-state index contributed by atoms with van der Waals surface area (Å²) in [6.45, 7) is 4.35. The van der Waals surface area contributed by atoms with E-state index in [-0.39, 0.29) is 0 Å². The van der Waals surface area contributed by atoms with Gasteiger partial charge in [0, 0.05) is 30.5 Å². The standard InChI is InChI=1S/C25H26N4/c1-4-8-20(14-13-19-17-27-23-10-5-6-11-24(23)28-19)29(3)25-18(2)12-15-22-21(25)9-7-16-26-22/h5-12,15-17H,4,13-14H2,1-3H3/b20-8-. The number of fused-ring (bicyclic) bond motifs is 2. The Hall–Kier alpha value is -3.27. The molecule has 0 aliphatic heterocycles. The Morgan fingerprint density at radius 2 is 1.79 bits per heavy atom. The highest BCUT2D eigenvalue weighted by Gasteiger charge is 2.14. The average molecular weight is 383 g/mol. The number of aromatic nitrogens is 3. The predicted octanol–water partition coefficient (Wildman–Crippen LogP) is 5.85. The van der Waals surface area contributed by atoms with E-state index in [4.69, 9.17) is 4.98 Å². The molecule has 0 spiro atoms. The second-order valence-electron chi connectivity index (χ2n) is 7.31. The Balaban J connectivity index is 1.62. The molecule has 0 atom stereocenters. The number of hydrogen-bond acceptors (Lipinski definition) is 4. The fraction of sp³-hybridized carbons (Fsp3) is 0.240. The molecule has 146 valence electrons. The van der Waals surface area contributed by atoms with Gasteiger partial charge in [0.15, 0.2) is 0 Å². The van der Waals surface area contributed by atoms with Crippen molar-refractivity contribution >= 4 is 27.6 Å². The smallest absolute Gasteiger partial charge is 0.0890 e. The van der Waals surface area contributed by atoms with Crippen molar-refractivity contribution in [1.82, 2.24) is 15.0 Å². The molecule has 0 bridgehead atoms. The Kier molecular flexibility index (Phi) is 5.52. The molecule has 4 heteroatoms. The van der Waals surface area contributed by atoms with E-state index in [1.165, 1.54) is 22.3 Å². The minimum Gasteiger partial charge on any atom is -0.348 e. The normalized spacial score (nSPS) is 11.9. The fourth-order valence-electron chi connectivity index (χ4n) is 3.85. The van der Waals surface area contributed by atoms with E-state index in [1.54, 1.807) is 0 Å². The van der Waals surface area contributed by atoms with Gasteiger partial charge in [-0.15, -0.1) is 0 Å². The second-order valence-corrected chi connectivity index (χ2v) is 7.31. The maximum absolute atomic E-state index is 4.79. The Morgan fingerprint density at radius 3 is 2.62 bits per heavy atom. The van der Waals surface area contributed by atoms with Crippen LogP contribution in [-0.4, -0.2) is 22.0 Å². The predicted molar refractivity (Wildman–Crippen MR) is 121 cm³/mol. The molecule has 4 aromatic rings. The number of pyridine rings is 1. The lowest BCUT2D eigenvalue weighted by molar-refractivity contribution is 0.850. The van der Waals surface area contributed by atoms with Crippen molar-refractivity contribution in [3.8, 4) is 0 Å². The number of nitrogens with zero attached hydrogens (tertiary/aromatic N) is 4. The molecule has 0 unspecified atom stereocenters. The molecule has 2 heterocycles. The number of rotatable bonds is 6. The van der Waals surface area contributed by atoms with Crippen LogP contribution in [0, 0.1) is 6.92 Å². The number of aryl methyl sites for hydroxylation is 2. The molecule has 0 radical (unpaired) electrons. The van der Waals surface area contributed by atoms with Crippen LogP contribution < -0.4 is 4.90 Å². The summed E-state index contributed by atoms with van der Waals surface area (Å²) in [7, 11) is 2.16. The van der Waals surface area contributed by atoms with Crippen molar-refractivity contribution in [1.29, 1.82) is 0 Å². The molecule has 0 amide bonds. The molecule has 0 N–H and O–H groups in total. The summed E-state index contributed by atoms with van der Waals surface area (Å²) in [5, 5.41) is 1.18. The fourth-order valence-corrected chi connectivity index (χ4v) is 3.85. The number of para-hydroxylation sites is 2. The van der Waals surface area contributed by atoms with Gasteiger partial charge < -0.3 is 4.90 Å². The number of allylic oxidation sites excluding steroid dienone is 2. The van der Waals surface area contributed by atoms with Crippen LogP contribution in [-0.2, 0) is 6.42 Å². The van der Waals surface area contributed by atoms with Crippen LogP contribution in [0.2, 0.25) is 0 Å². The quantitative estimate of drug-likeness (QED) is 0.419. The first-order valence-electron chi connectivity index (χ1n) is 10.1. The van der Waals surface area contributed by atoms with Crippen LogP contribution >= 0.6 is 0 Å². The van der Waals surface area contributed by atoms with Crippen LogP contribution in [0.4, 0.5) is 5.69 Å². The molecular formula is C25H26N4. The van der Waals surface area contributed by atoms with Crippen molar-refractivity contribution in [3.05, 3.63) is 84.0 Å². The number of hydrogen-bond donors (Lipinski definition) is 0. The zero-order chi connectivity index (χ0) is 20.2. The van der Waals surface area contributed by atoms with Gasteiger partial charge in [0.25, 0.3) is 0 Å². The zero-order valence-corrected chi connectivity index (χ0v) is 17.3. The van der Waals surface area contributed by atoms with Gasteiger partial charge in [-0.3, -0.25) is 9.97 Å². The SMILES string of the molecule is CC/C=C(/CCc1cnc2ccccc2n1)N(C)c1c(C)ccc2ncccc12. The van der Waals surface area contributed by atoms with E-state index in [1.807, 2.05) is 42.7 Å². The number of benzene rings is 2. The maximum atomic E-state index is 4.79. The topological polar surface area (TPSA) is 41.9 Å². The molecule has 4 rings (SSSR count). The van der Waals surface area contributed by atoms with Crippen molar-refractivity contribution in [2.45, 2.75) is 33.1 Å². The highest BCUT2D eigenvalue weighted by Crippen LogP contribution is 2.32. The lowest BCUT2D eigenvalue weighted by atomic mass is 10.1. The van der Waals surface area contributed by atoms with Crippen molar-refractivity contribution < 1.29 is 0 Å². The third-order valence-corrected chi connectivity index (χ3v) is 5.30. The molecular weight excluding hydrogens is 356 g/mol. The lowest BCUT2D eigenvalue weighted by Crippen LogP contribution is -2.19. The molecule has 0 saturated carbocycles. The Labute approximate surface area is 172 Å².